The molecule has 1 aliphatic rings. The van der Waals surface area contributed by atoms with Crippen molar-refractivity contribution in [3.05, 3.63) is 29.3 Å². The van der Waals surface area contributed by atoms with Gasteiger partial charge in [0.2, 0.25) is 0 Å². The molecule has 0 radical (unpaired) electrons. The van der Waals surface area contributed by atoms with Gasteiger partial charge in [0.1, 0.15) is 5.75 Å². The molecule has 1 amide bonds. The summed E-state index contributed by atoms with van der Waals surface area (Å²) in [5.41, 5.74) is 1.67. The molecular weight excluding hydrogens is 230 g/mol. The quantitative estimate of drug-likeness (QED) is 0.827. The van der Waals surface area contributed by atoms with Crippen LogP contribution >= 0.6 is 0 Å². The lowest BCUT2D eigenvalue weighted by Crippen LogP contribution is -2.42. The fourth-order valence-electron chi connectivity index (χ4n) is 1.97. The molecule has 0 atom stereocenters. The van der Waals surface area contributed by atoms with Gasteiger partial charge in [0, 0.05) is 0 Å². The number of rotatable bonds is 5. The summed E-state index contributed by atoms with van der Waals surface area (Å²) in [6, 6.07) is 5.87. The lowest BCUT2D eigenvalue weighted by Gasteiger charge is -2.16. The number of amides is 1. The monoisotopic (exact) mass is 249 g/mol. The summed E-state index contributed by atoms with van der Waals surface area (Å²) in [5, 5.41) is 11.9. The number of benzene rings is 1. The SMILES string of the molecule is Cc1cccc(C)c1OCC(=O)NC1(CO)CC1. The normalized spacial score (nSPS) is 16.2. The van der Waals surface area contributed by atoms with Gasteiger partial charge in [0.15, 0.2) is 6.61 Å². The molecule has 0 unspecified atom stereocenters. The van der Waals surface area contributed by atoms with E-state index in [9.17, 15) is 4.79 Å². The van der Waals surface area contributed by atoms with Crippen LogP contribution in [0.1, 0.15) is 24.0 Å². The molecule has 18 heavy (non-hydrogen) atoms. The summed E-state index contributed by atoms with van der Waals surface area (Å²) in [4.78, 5) is 11.7. The molecule has 1 aromatic carbocycles. The van der Waals surface area contributed by atoms with Gasteiger partial charge in [0.25, 0.3) is 5.91 Å². The number of carbonyl (C=O) groups excluding carboxylic acids is 1. The first kappa shape index (κ1) is 12.9. The molecule has 1 aliphatic carbocycles. The molecule has 4 nitrogen and oxygen atoms in total. The second-order valence-corrected chi connectivity index (χ2v) is 5.00. The minimum absolute atomic E-state index is 0.00212. The number of aliphatic hydroxyl groups excluding tert-OH is 1. The van der Waals surface area contributed by atoms with Gasteiger partial charge in [0.05, 0.1) is 12.1 Å². The van der Waals surface area contributed by atoms with Crippen LogP contribution in [0.25, 0.3) is 0 Å². The maximum Gasteiger partial charge on any atom is 0.258 e. The van der Waals surface area contributed by atoms with Gasteiger partial charge in [-0.3, -0.25) is 4.79 Å². The Balaban J connectivity index is 1.90. The van der Waals surface area contributed by atoms with E-state index in [1.54, 1.807) is 0 Å². The Bertz CT molecular complexity index is 432. The van der Waals surface area contributed by atoms with E-state index in [1.807, 2.05) is 32.0 Å². The molecule has 1 saturated carbocycles. The average molecular weight is 249 g/mol. The zero-order valence-electron chi connectivity index (χ0n) is 10.8. The van der Waals surface area contributed by atoms with Crippen LogP contribution in [0.5, 0.6) is 5.75 Å². The molecule has 1 fully saturated rings. The van der Waals surface area contributed by atoms with Crippen LogP contribution in [-0.2, 0) is 4.79 Å². The van der Waals surface area contributed by atoms with E-state index in [4.69, 9.17) is 9.84 Å². The van der Waals surface area contributed by atoms with Gasteiger partial charge >= 0.3 is 0 Å². The van der Waals surface area contributed by atoms with E-state index < -0.39 is 0 Å². The van der Waals surface area contributed by atoms with Crippen molar-refractivity contribution < 1.29 is 14.6 Å². The van der Waals surface area contributed by atoms with Crippen molar-refractivity contribution in [2.45, 2.75) is 32.2 Å². The van der Waals surface area contributed by atoms with Crippen LogP contribution in [0.4, 0.5) is 0 Å². The van der Waals surface area contributed by atoms with Gasteiger partial charge in [-0.15, -0.1) is 0 Å². The first-order valence-corrected chi connectivity index (χ1v) is 6.17. The van der Waals surface area contributed by atoms with E-state index >= 15 is 0 Å². The van der Waals surface area contributed by atoms with Gasteiger partial charge in [-0.1, -0.05) is 18.2 Å². The Kier molecular flexibility index (Phi) is 3.57. The van der Waals surface area contributed by atoms with Crippen LogP contribution in [0.15, 0.2) is 18.2 Å². The average Bonchev–Trinajstić information content (AvgIpc) is 3.09. The fourth-order valence-corrected chi connectivity index (χ4v) is 1.97. The highest BCUT2D eigenvalue weighted by atomic mass is 16.5. The van der Waals surface area contributed by atoms with Crippen molar-refractivity contribution in [3.63, 3.8) is 0 Å². The Morgan fingerprint density at radius 1 is 1.39 bits per heavy atom. The summed E-state index contributed by atoms with van der Waals surface area (Å²) < 4.78 is 5.55. The molecular formula is C14H19NO3. The van der Waals surface area contributed by atoms with Crippen molar-refractivity contribution in [1.29, 1.82) is 0 Å². The molecule has 4 heteroatoms. The summed E-state index contributed by atoms with van der Waals surface area (Å²) in [7, 11) is 0. The zero-order valence-corrected chi connectivity index (χ0v) is 10.8. The number of nitrogens with one attached hydrogen (secondary N) is 1. The number of aryl methyl sites for hydroxylation is 2. The molecule has 98 valence electrons. The van der Waals surface area contributed by atoms with E-state index in [1.165, 1.54) is 0 Å². The molecule has 0 heterocycles. The summed E-state index contributed by atoms with van der Waals surface area (Å²) in [5.74, 6) is 0.589. The van der Waals surface area contributed by atoms with Crippen LogP contribution in [0.2, 0.25) is 0 Å². The number of carbonyl (C=O) groups is 1. The number of hydrogen-bond acceptors (Lipinski definition) is 3. The van der Waals surface area contributed by atoms with E-state index in [2.05, 4.69) is 5.32 Å². The molecule has 2 N–H and O–H groups in total. The third kappa shape index (κ3) is 2.82. The maximum atomic E-state index is 11.7. The number of ether oxygens (including phenoxy) is 1. The van der Waals surface area contributed by atoms with Gasteiger partial charge < -0.3 is 15.2 Å². The fraction of sp³-hybridized carbons (Fsp3) is 0.500. The standard InChI is InChI=1S/C14H19NO3/c1-10-4-3-5-11(2)13(10)18-8-12(17)15-14(9-16)6-7-14/h3-5,16H,6-9H2,1-2H3,(H,15,17). The van der Waals surface area contributed by atoms with Gasteiger partial charge in [-0.25, -0.2) is 0 Å². The van der Waals surface area contributed by atoms with Crippen LogP contribution in [0, 0.1) is 13.8 Å². The van der Waals surface area contributed by atoms with Gasteiger partial charge in [-0.2, -0.15) is 0 Å². The minimum Gasteiger partial charge on any atom is -0.483 e. The zero-order chi connectivity index (χ0) is 13.2. The van der Waals surface area contributed by atoms with Crippen molar-refractivity contribution in [2.75, 3.05) is 13.2 Å². The van der Waals surface area contributed by atoms with Crippen molar-refractivity contribution >= 4 is 5.91 Å². The van der Waals surface area contributed by atoms with Crippen LogP contribution in [0.3, 0.4) is 0 Å². The largest absolute Gasteiger partial charge is 0.483 e. The highest BCUT2D eigenvalue weighted by Crippen LogP contribution is 2.34. The topological polar surface area (TPSA) is 58.6 Å². The minimum atomic E-state index is -0.374. The Morgan fingerprint density at radius 2 is 2.00 bits per heavy atom. The Hall–Kier alpha value is -1.55. The Morgan fingerprint density at radius 3 is 2.50 bits per heavy atom. The molecule has 0 spiro atoms. The lowest BCUT2D eigenvalue weighted by atomic mass is 10.1. The molecule has 2 rings (SSSR count). The first-order valence-electron chi connectivity index (χ1n) is 6.17. The van der Waals surface area contributed by atoms with E-state index in [0.29, 0.717) is 0 Å². The van der Waals surface area contributed by atoms with Crippen LogP contribution < -0.4 is 10.1 Å². The highest BCUT2D eigenvalue weighted by Gasteiger charge is 2.43. The van der Waals surface area contributed by atoms with Crippen molar-refractivity contribution in [1.82, 2.24) is 5.32 Å². The number of hydrogen-bond donors (Lipinski definition) is 2. The first-order chi connectivity index (χ1) is 8.56. The van der Waals surface area contributed by atoms with E-state index in [0.717, 1.165) is 29.7 Å². The summed E-state index contributed by atoms with van der Waals surface area (Å²) in [6.45, 7) is 3.91. The molecule has 1 aromatic rings. The summed E-state index contributed by atoms with van der Waals surface area (Å²) >= 11 is 0. The lowest BCUT2D eigenvalue weighted by molar-refractivity contribution is -0.124. The number of para-hydroxylation sites is 1. The third-order valence-electron chi connectivity index (χ3n) is 3.32. The smallest absolute Gasteiger partial charge is 0.258 e. The second kappa shape index (κ2) is 4.98. The van der Waals surface area contributed by atoms with Gasteiger partial charge in [-0.05, 0) is 37.8 Å². The molecule has 0 saturated heterocycles. The van der Waals surface area contributed by atoms with Crippen LogP contribution in [-0.4, -0.2) is 29.8 Å². The maximum absolute atomic E-state index is 11.7. The van der Waals surface area contributed by atoms with Crippen molar-refractivity contribution in [2.24, 2.45) is 0 Å². The molecule has 0 aliphatic heterocycles. The molecule has 0 aromatic heterocycles. The number of aliphatic hydroxyl groups is 1. The molecule has 0 bridgehead atoms. The predicted octanol–water partition coefficient (Wildman–Crippen LogP) is 1.32. The summed E-state index contributed by atoms with van der Waals surface area (Å²) in [6.07, 6.45) is 1.69. The third-order valence-corrected chi connectivity index (χ3v) is 3.32. The van der Waals surface area contributed by atoms with Crippen molar-refractivity contribution in [3.8, 4) is 5.75 Å². The Labute approximate surface area is 107 Å². The predicted molar refractivity (Wildman–Crippen MR) is 68.6 cm³/mol. The highest BCUT2D eigenvalue weighted by molar-refractivity contribution is 5.79. The van der Waals surface area contributed by atoms with E-state index in [-0.39, 0.29) is 24.7 Å². The second-order valence-electron chi connectivity index (χ2n) is 5.00.